The smallest absolute Gasteiger partial charge is 0.318 e. The molecule has 0 spiro atoms. The summed E-state index contributed by atoms with van der Waals surface area (Å²) in [6.45, 7) is 2.85. The summed E-state index contributed by atoms with van der Waals surface area (Å²) in [5, 5.41) is 9.51. The van der Waals surface area contributed by atoms with Gasteiger partial charge in [-0.1, -0.05) is 12.1 Å². The number of benzene rings is 2. The molecule has 0 bridgehead atoms. The molecule has 4 rings (SSSR count). The monoisotopic (exact) mass is 520 g/mol. The SMILES string of the molecule is CC(=O)C1=C(C)N(c2cccc(C(F)(F)F)c2)C(=O)N(C)[C@@H]1c1ccc(C#N)cc1-c1ccc(=O)n(C)c1. The van der Waals surface area contributed by atoms with Gasteiger partial charge in [0.15, 0.2) is 5.78 Å². The molecule has 1 aliphatic heterocycles. The van der Waals surface area contributed by atoms with Gasteiger partial charge in [-0.3, -0.25) is 14.5 Å². The maximum absolute atomic E-state index is 13.6. The second-order valence-corrected chi connectivity index (χ2v) is 9.02. The van der Waals surface area contributed by atoms with Crippen molar-refractivity contribution in [3.63, 3.8) is 0 Å². The molecule has 38 heavy (non-hydrogen) atoms. The number of carbonyl (C=O) groups is 2. The van der Waals surface area contributed by atoms with Crippen LogP contribution in [0.15, 0.2) is 76.9 Å². The lowest BCUT2D eigenvalue weighted by Gasteiger charge is -2.42. The molecule has 2 amide bonds. The second-order valence-electron chi connectivity index (χ2n) is 9.02. The number of halogens is 3. The van der Waals surface area contributed by atoms with Crippen molar-refractivity contribution in [3.05, 3.63) is 99.1 Å². The number of hydrogen-bond acceptors (Lipinski definition) is 4. The summed E-state index contributed by atoms with van der Waals surface area (Å²) in [4.78, 5) is 41.0. The lowest BCUT2D eigenvalue weighted by Crippen LogP contribution is -2.49. The first kappa shape index (κ1) is 26.4. The number of ketones is 1. The molecule has 194 valence electrons. The minimum absolute atomic E-state index is 0.0236. The summed E-state index contributed by atoms with van der Waals surface area (Å²) in [7, 11) is 3.04. The van der Waals surface area contributed by atoms with E-state index in [4.69, 9.17) is 0 Å². The highest BCUT2D eigenvalue weighted by molar-refractivity contribution is 6.05. The number of alkyl halides is 3. The van der Waals surface area contributed by atoms with Crippen LogP contribution in [0.25, 0.3) is 11.1 Å². The fourth-order valence-electron chi connectivity index (χ4n) is 4.73. The summed E-state index contributed by atoms with van der Waals surface area (Å²) in [6.07, 6.45) is -3.02. The van der Waals surface area contributed by atoms with Crippen LogP contribution in [-0.4, -0.2) is 28.3 Å². The number of carbonyl (C=O) groups excluding carboxylic acids is 2. The van der Waals surface area contributed by atoms with Gasteiger partial charge in [-0.25, -0.2) is 4.79 Å². The lowest BCUT2D eigenvalue weighted by molar-refractivity contribution is -0.137. The highest BCUT2D eigenvalue weighted by Crippen LogP contribution is 2.43. The van der Waals surface area contributed by atoms with Crippen molar-refractivity contribution < 1.29 is 22.8 Å². The van der Waals surface area contributed by atoms with E-state index in [1.54, 1.807) is 37.5 Å². The maximum Gasteiger partial charge on any atom is 0.416 e. The molecular formula is C28H23F3N4O3. The summed E-state index contributed by atoms with van der Waals surface area (Å²) in [5.41, 5.74) is 1.18. The molecule has 0 saturated carbocycles. The maximum atomic E-state index is 13.6. The van der Waals surface area contributed by atoms with Crippen LogP contribution in [0, 0.1) is 11.3 Å². The minimum atomic E-state index is -4.61. The Kier molecular flexibility index (Phi) is 6.72. The van der Waals surface area contributed by atoms with E-state index < -0.39 is 23.8 Å². The van der Waals surface area contributed by atoms with Gasteiger partial charge in [0.2, 0.25) is 5.56 Å². The van der Waals surface area contributed by atoms with Crippen molar-refractivity contribution in [3.8, 4) is 17.2 Å². The van der Waals surface area contributed by atoms with Crippen molar-refractivity contribution in [1.29, 1.82) is 5.26 Å². The number of nitriles is 1. The van der Waals surface area contributed by atoms with Gasteiger partial charge >= 0.3 is 12.2 Å². The Balaban J connectivity index is 1.96. The molecule has 1 aromatic heterocycles. The van der Waals surface area contributed by atoms with Gasteiger partial charge in [-0.05, 0) is 66.9 Å². The van der Waals surface area contributed by atoms with E-state index in [0.29, 0.717) is 22.3 Å². The Morgan fingerprint density at radius 2 is 1.74 bits per heavy atom. The van der Waals surface area contributed by atoms with Crippen LogP contribution in [0.5, 0.6) is 0 Å². The normalized spacial score (nSPS) is 16.1. The highest BCUT2D eigenvalue weighted by atomic mass is 19.4. The summed E-state index contributed by atoms with van der Waals surface area (Å²) in [5.74, 6) is -0.375. The number of anilines is 1. The fraction of sp³-hybridized carbons (Fsp3) is 0.214. The fourth-order valence-corrected chi connectivity index (χ4v) is 4.73. The van der Waals surface area contributed by atoms with Gasteiger partial charge in [-0.2, -0.15) is 18.4 Å². The predicted octanol–water partition coefficient (Wildman–Crippen LogP) is 5.42. The average Bonchev–Trinajstić information content (AvgIpc) is 2.87. The number of hydrogen-bond donors (Lipinski definition) is 0. The number of aromatic nitrogens is 1. The van der Waals surface area contributed by atoms with E-state index in [-0.39, 0.29) is 28.3 Å². The number of nitrogens with zero attached hydrogens (tertiary/aromatic N) is 4. The number of likely N-dealkylation sites (N-methyl/N-ethyl adjacent to an activating group) is 1. The number of pyridine rings is 1. The number of allylic oxidation sites excluding steroid dienone is 1. The van der Waals surface area contributed by atoms with E-state index in [1.807, 2.05) is 0 Å². The quantitative estimate of drug-likeness (QED) is 0.460. The molecule has 7 nitrogen and oxygen atoms in total. The van der Waals surface area contributed by atoms with Crippen molar-refractivity contribution in [2.45, 2.75) is 26.1 Å². The summed E-state index contributed by atoms with van der Waals surface area (Å²) in [6, 6.07) is 12.7. The number of urea groups is 1. The molecule has 0 fully saturated rings. The first-order valence-electron chi connectivity index (χ1n) is 11.5. The molecule has 3 aromatic rings. The first-order chi connectivity index (χ1) is 17.8. The zero-order valence-electron chi connectivity index (χ0n) is 21.0. The van der Waals surface area contributed by atoms with E-state index in [9.17, 15) is 32.8 Å². The standard InChI is InChI=1S/C28H23F3N4O3/c1-16-25(17(2)36)26(34(4)27(38)35(16)21-7-5-6-20(13-21)28(29,30)31)22-10-8-18(14-32)12-23(22)19-9-11-24(37)33(3)15-19/h5-13,15,26H,1-4H3/t26-/m1/s1. The van der Waals surface area contributed by atoms with Crippen molar-refractivity contribution >= 4 is 17.5 Å². The molecule has 10 heteroatoms. The number of amides is 2. The van der Waals surface area contributed by atoms with Crippen LogP contribution >= 0.6 is 0 Å². The van der Waals surface area contributed by atoms with E-state index in [0.717, 1.165) is 17.0 Å². The summed E-state index contributed by atoms with van der Waals surface area (Å²) < 4.78 is 41.5. The molecule has 0 N–H and O–H groups in total. The zero-order valence-corrected chi connectivity index (χ0v) is 21.0. The van der Waals surface area contributed by atoms with Gasteiger partial charge < -0.3 is 9.47 Å². The molecule has 0 aliphatic carbocycles. The van der Waals surface area contributed by atoms with Crippen LogP contribution in [0.3, 0.4) is 0 Å². The van der Waals surface area contributed by atoms with Crippen LogP contribution in [0.2, 0.25) is 0 Å². The third-order valence-electron chi connectivity index (χ3n) is 6.56. The first-order valence-corrected chi connectivity index (χ1v) is 11.5. The predicted molar refractivity (Wildman–Crippen MR) is 135 cm³/mol. The van der Waals surface area contributed by atoms with Crippen molar-refractivity contribution in [2.75, 3.05) is 11.9 Å². The van der Waals surface area contributed by atoms with Crippen LogP contribution < -0.4 is 10.5 Å². The van der Waals surface area contributed by atoms with E-state index in [2.05, 4.69) is 6.07 Å². The van der Waals surface area contributed by atoms with Crippen LogP contribution in [0.4, 0.5) is 23.7 Å². The molecule has 0 unspecified atom stereocenters. The van der Waals surface area contributed by atoms with Gasteiger partial charge in [0.1, 0.15) is 0 Å². The highest BCUT2D eigenvalue weighted by Gasteiger charge is 2.41. The van der Waals surface area contributed by atoms with E-state index in [1.165, 1.54) is 48.6 Å². The zero-order chi connectivity index (χ0) is 27.9. The molecular weight excluding hydrogens is 497 g/mol. The number of rotatable bonds is 4. The topological polar surface area (TPSA) is 86.4 Å². The van der Waals surface area contributed by atoms with Gasteiger partial charge in [-0.15, -0.1) is 0 Å². The Bertz CT molecular complexity index is 1600. The Hall–Kier alpha value is -4.65. The third-order valence-corrected chi connectivity index (χ3v) is 6.56. The minimum Gasteiger partial charge on any atom is -0.318 e. The Morgan fingerprint density at radius 1 is 1.03 bits per heavy atom. The van der Waals surface area contributed by atoms with Crippen molar-refractivity contribution in [1.82, 2.24) is 9.47 Å². The largest absolute Gasteiger partial charge is 0.416 e. The average molecular weight is 521 g/mol. The van der Waals surface area contributed by atoms with Gasteiger partial charge in [0, 0.05) is 37.6 Å². The number of Topliss-reactive ketones (excluding diaryl/α,β-unsaturated/α-hetero) is 1. The molecule has 0 saturated heterocycles. The molecule has 1 atom stereocenters. The number of aryl methyl sites for hydroxylation is 1. The molecule has 2 aromatic carbocycles. The van der Waals surface area contributed by atoms with Crippen LogP contribution in [0.1, 0.15) is 36.6 Å². The molecule has 1 aliphatic rings. The summed E-state index contributed by atoms with van der Waals surface area (Å²) >= 11 is 0. The van der Waals surface area contributed by atoms with E-state index >= 15 is 0 Å². The van der Waals surface area contributed by atoms with Gasteiger partial charge in [0.05, 0.1) is 28.9 Å². The van der Waals surface area contributed by atoms with Crippen LogP contribution in [-0.2, 0) is 18.0 Å². The lowest BCUT2D eigenvalue weighted by atomic mass is 9.86. The van der Waals surface area contributed by atoms with Gasteiger partial charge in [0.25, 0.3) is 0 Å². The third kappa shape index (κ3) is 4.59. The molecule has 0 radical (unpaired) electrons. The van der Waals surface area contributed by atoms with Crippen molar-refractivity contribution in [2.24, 2.45) is 7.05 Å². The Labute approximate surface area is 216 Å². The second kappa shape index (κ2) is 9.67. The Morgan fingerprint density at radius 3 is 2.34 bits per heavy atom. The molecule has 2 heterocycles.